The van der Waals surface area contributed by atoms with Gasteiger partial charge in [0, 0.05) is 11.5 Å². The molecule has 0 saturated carbocycles. The number of nitrogens with zero attached hydrogens (tertiary/aromatic N) is 3. The van der Waals surface area contributed by atoms with Crippen LogP contribution in [0.2, 0.25) is 0 Å². The molecule has 0 bridgehead atoms. The lowest BCUT2D eigenvalue weighted by Gasteiger charge is -2.22. The molecular weight excluding hydrogens is 408 g/mol. The van der Waals surface area contributed by atoms with E-state index < -0.39 is 22.1 Å². The van der Waals surface area contributed by atoms with E-state index in [1.54, 1.807) is 30.3 Å². The molecule has 2 aromatic heterocycles. The molecule has 158 valence electrons. The van der Waals surface area contributed by atoms with Crippen molar-refractivity contribution in [1.82, 2.24) is 19.7 Å². The monoisotopic (exact) mass is 430 g/mol. The minimum Gasteiger partial charge on any atom is -0.377 e. The molecule has 2 aliphatic rings. The lowest BCUT2D eigenvalue weighted by Crippen LogP contribution is -2.44. The van der Waals surface area contributed by atoms with E-state index >= 15 is 0 Å². The Labute approximate surface area is 173 Å². The number of hydrogen-bond donors (Lipinski definition) is 1. The predicted octanol–water partition coefficient (Wildman–Crippen LogP) is 1.32. The van der Waals surface area contributed by atoms with E-state index in [4.69, 9.17) is 9.26 Å². The van der Waals surface area contributed by atoms with Crippen LogP contribution in [0.4, 0.5) is 0 Å². The van der Waals surface area contributed by atoms with Gasteiger partial charge in [0.05, 0.1) is 31.0 Å². The lowest BCUT2D eigenvalue weighted by atomic mass is 9.97. The van der Waals surface area contributed by atoms with Crippen LogP contribution in [0.3, 0.4) is 0 Å². The highest BCUT2D eigenvalue weighted by Gasteiger charge is 2.35. The van der Waals surface area contributed by atoms with Gasteiger partial charge in [-0.05, 0) is 43.4 Å². The largest absolute Gasteiger partial charge is 0.377 e. The molecule has 2 unspecified atom stereocenters. The number of hydrogen-bond acceptors (Lipinski definition) is 7. The van der Waals surface area contributed by atoms with Gasteiger partial charge in [-0.15, -0.1) is 0 Å². The van der Waals surface area contributed by atoms with Crippen molar-refractivity contribution >= 4 is 21.0 Å². The van der Waals surface area contributed by atoms with Crippen LogP contribution >= 0.6 is 0 Å². The minimum absolute atomic E-state index is 0.175. The summed E-state index contributed by atoms with van der Waals surface area (Å²) in [6.07, 6.45) is 3.80. The van der Waals surface area contributed by atoms with Crippen LogP contribution in [0, 0.1) is 0 Å². The second-order valence-electron chi connectivity index (χ2n) is 7.82. The molecule has 10 heteroatoms. The highest BCUT2D eigenvalue weighted by atomic mass is 32.2. The molecule has 1 saturated heterocycles. The molecule has 3 aromatic rings. The number of para-hydroxylation sites is 1. The summed E-state index contributed by atoms with van der Waals surface area (Å²) in [5.41, 5.74) is 2.57. The zero-order valence-electron chi connectivity index (χ0n) is 16.3. The van der Waals surface area contributed by atoms with E-state index in [0.29, 0.717) is 16.7 Å². The average molecular weight is 430 g/mol. The summed E-state index contributed by atoms with van der Waals surface area (Å²) in [4.78, 5) is 12.6. The summed E-state index contributed by atoms with van der Waals surface area (Å²) in [6.45, 7) is 0.403. The van der Waals surface area contributed by atoms with Gasteiger partial charge in [0.1, 0.15) is 11.4 Å². The number of aryl methyl sites for hydroxylation is 2. The molecule has 2 atom stereocenters. The Bertz CT molecular complexity index is 1250. The SMILES string of the molecule is O=c1cc2c(nn1C1COCC1NS(=O)(=O)Cc1noc3ccccc13)CCCC2. The van der Waals surface area contributed by atoms with E-state index in [1.165, 1.54) is 4.68 Å². The molecule has 0 amide bonds. The van der Waals surface area contributed by atoms with Crippen LogP contribution in [0.5, 0.6) is 0 Å². The summed E-state index contributed by atoms with van der Waals surface area (Å²) in [7, 11) is -3.75. The standard InChI is InChI=1S/C20H22N4O5S/c25-20-9-13-5-1-3-7-15(13)21-24(20)18-11-28-10-16(18)23-30(26,27)12-17-14-6-2-4-8-19(14)29-22-17/h2,4,6,8-9,16,18,23H,1,3,5,7,10-12H2. The highest BCUT2D eigenvalue weighted by molar-refractivity contribution is 7.88. The Hall–Kier alpha value is -2.56. The van der Waals surface area contributed by atoms with E-state index in [-0.39, 0.29) is 24.5 Å². The third kappa shape index (κ3) is 3.66. The zero-order chi connectivity index (χ0) is 20.7. The minimum atomic E-state index is -3.75. The first-order chi connectivity index (χ1) is 14.5. The maximum Gasteiger partial charge on any atom is 0.267 e. The van der Waals surface area contributed by atoms with Crippen molar-refractivity contribution in [2.24, 2.45) is 0 Å². The van der Waals surface area contributed by atoms with Crippen molar-refractivity contribution in [3.8, 4) is 0 Å². The molecule has 1 aromatic carbocycles. The maximum absolute atomic E-state index is 12.8. The van der Waals surface area contributed by atoms with Crippen LogP contribution in [0.25, 0.3) is 11.0 Å². The van der Waals surface area contributed by atoms with Crippen LogP contribution < -0.4 is 10.3 Å². The van der Waals surface area contributed by atoms with Crippen molar-refractivity contribution in [2.75, 3.05) is 13.2 Å². The van der Waals surface area contributed by atoms with Gasteiger partial charge in [0.15, 0.2) is 5.58 Å². The van der Waals surface area contributed by atoms with Gasteiger partial charge >= 0.3 is 0 Å². The molecule has 30 heavy (non-hydrogen) atoms. The number of aromatic nitrogens is 3. The summed E-state index contributed by atoms with van der Waals surface area (Å²) in [5, 5.41) is 9.12. The van der Waals surface area contributed by atoms with E-state index in [9.17, 15) is 13.2 Å². The van der Waals surface area contributed by atoms with E-state index in [0.717, 1.165) is 36.9 Å². The molecular formula is C20H22N4O5S. The first-order valence-corrected chi connectivity index (χ1v) is 11.7. The van der Waals surface area contributed by atoms with Gasteiger partial charge in [0.25, 0.3) is 5.56 Å². The third-order valence-electron chi connectivity index (χ3n) is 5.71. The Morgan fingerprint density at radius 2 is 2.00 bits per heavy atom. The summed E-state index contributed by atoms with van der Waals surface area (Å²) in [6, 6.07) is 7.67. The first-order valence-electron chi connectivity index (χ1n) is 10.0. The highest BCUT2D eigenvalue weighted by Crippen LogP contribution is 2.23. The Morgan fingerprint density at radius 3 is 2.90 bits per heavy atom. The van der Waals surface area contributed by atoms with Gasteiger partial charge in [-0.25, -0.2) is 17.8 Å². The molecule has 5 rings (SSSR count). The number of rotatable bonds is 5. The maximum atomic E-state index is 12.8. The van der Waals surface area contributed by atoms with Crippen molar-refractivity contribution in [3.05, 3.63) is 57.6 Å². The van der Waals surface area contributed by atoms with Crippen LogP contribution in [-0.4, -0.2) is 42.6 Å². The van der Waals surface area contributed by atoms with Crippen LogP contribution in [0.1, 0.15) is 35.8 Å². The van der Waals surface area contributed by atoms with Gasteiger partial charge in [0.2, 0.25) is 10.0 Å². The number of ether oxygens (including phenoxy) is 1. The van der Waals surface area contributed by atoms with Gasteiger partial charge in [-0.3, -0.25) is 4.79 Å². The van der Waals surface area contributed by atoms with Gasteiger partial charge in [-0.1, -0.05) is 17.3 Å². The lowest BCUT2D eigenvalue weighted by molar-refractivity contribution is 0.181. The molecule has 0 spiro atoms. The number of sulfonamides is 1. The molecule has 9 nitrogen and oxygen atoms in total. The Balaban J connectivity index is 1.38. The topological polar surface area (TPSA) is 116 Å². The quantitative estimate of drug-likeness (QED) is 0.649. The summed E-state index contributed by atoms with van der Waals surface area (Å²) in [5.74, 6) is -0.320. The third-order valence-corrected chi connectivity index (χ3v) is 7.02. The van der Waals surface area contributed by atoms with Crippen molar-refractivity contribution in [1.29, 1.82) is 0 Å². The second-order valence-corrected chi connectivity index (χ2v) is 9.57. The van der Waals surface area contributed by atoms with Crippen LogP contribution in [0.15, 0.2) is 39.6 Å². The van der Waals surface area contributed by atoms with Crippen molar-refractivity contribution in [2.45, 2.75) is 43.5 Å². The number of nitrogens with one attached hydrogen (secondary N) is 1. The smallest absolute Gasteiger partial charge is 0.267 e. The van der Waals surface area contributed by atoms with Crippen LogP contribution in [-0.2, 0) is 33.4 Å². The Kier molecular flexibility index (Phi) is 4.92. The second kappa shape index (κ2) is 7.60. The predicted molar refractivity (Wildman–Crippen MR) is 109 cm³/mol. The average Bonchev–Trinajstić information content (AvgIpc) is 3.34. The summed E-state index contributed by atoms with van der Waals surface area (Å²) < 4.78 is 40.5. The molecule has 0 radical (unpaired) electrons. The molecule has 1 aliphatic carbocycles. The molecule has 1 fully saturated rings. The van der Waals surface area contributed by atoms with Gasteiger partial charge in [-0.2, -0.15) is 5.10 Å². The Morgan fingerprint density at radius 1 is 1.17 bits per heavy atom. The van der Waals surface area contributed by atoms with Crippen molar-refractivity contribution in [3.63, 3.8) is 0 Å². The fourth-order valence-electron chi connectivity index (χ4n) is 4.21. The fraction of sp³-hybridized carbons (Fsp3) is 0.450. The van der Waals surface area contributed by atoms with E-state index in [1.807, 2.05) is 0 Å². The first kappa shape index (κ1) is 19.4. The number of fused-ring (bicyclic) bond motifs is 2. The normalized spacial score (nSPS) is 21.7. The molecule has 1 N–H and O–H groups in total. The van der Waals surface area contributed by atoms with E-state index in [2.05, 4.69) is 15.0 Å². The summed E-state index contributed by atoms with van der Waals surface area (Å²) >= 11 is 0. The molecule has 3 heterocycles. The van der Waals surface area contributed by atoms with Gasteiger partial charge < -0.3 is 9.26 Å². The van der Waals surface area contributed by atoms with Crippen molar-refractivity contribution < 1.29 is 17.7 Å². The fourth-order valence-corrected chi connectivity index (χ4v) is 5.54. The molecule has 1 aliphatic heterocycles. The zero-order valence-corrected chi connectivity index (χ0v) is 17.1. The number of benzene rings is 1.